The van der Waals surface area contributed by atoms with Gasteiger partial charge in [0.1, 0.15) is 0 Å². The van der Waals surface area contributed by atoms with Gasteiger partial charge < -0.3 is 10.6 Å². The monoisotopic (exact) mass is 325 g/mol. The lowest BCUT2D eigenvalue weighted by Crippen LogP contribution is -2.16. The van der Waals surface area contributed by atoms with E-state index < -0.39 is 0 Å². The van der Waals surface area contributed by atoms with Gasteiger partial charge in [-0.2, -0.15) is 0 Å². The van der Waals surface area contributed by atoms with Crippen LogP contribution in [-0.4, -0.2) is 12.0 Å². The highest BCUT2D eigenvalue weighted by Crippen LogP contribution is 2.27. The molecule has 0 bridgehead atoms. The molecule has 0 radical (unpaired) electrons. The Balaban J connectivity index is 2.16. The maximum absolute atomic E-state index is 5.69. The molecule has 1 heterocycles. The van der Waals surface area contributed by atoms with Crippen molar-refractivity contribution >= 4 is 32.4 Å². The van der Waals surface area contributed by atoms with Crippen molar-refractivity contribution in [2.45, 2.75) is 20.0 Å². The average molecular weight is 326 g/mol. The zero-order valence-corrected chi connectivity index (χ0v) is 12.9. The summed E-state index contributed by atoms with van der Waals surface area (Å²) in [5.74, 6) is 0. The molecule has 0 amide bonds. The number of nitrogens with two attached hydrogens (primary N) is 1. The van der Waals surface area contributed by atoms with Crippen molar-refractivity contribution < 1.29 is 0 Å². The molecule has 0 spiro atoms. The summed E-state index contributed by atoms with van der Waals surface area (Å²) in [6.07, 6.45) is 0. The molecule has 18 heavy (non-hydrogen) atoms. The standard InChI is InChI=1S/C13H16BrN3S/c1-9-12(7-15)18-13(16-9)17(2)8-10-5-3-4-6-11(10)14/h3-6H,7-8,15H2,1-2H3. The summed E-state index contributed by atoms with van der Waals surface area (Å²) < 4.78 is 1.13. The number of hydrogen-bond donors (Lipinski definition) is 1. The second-order valence-corrected chi connectivity index (χ2v) is 6.07. The first-order valence-corrected chi connectivity index (χ1v) is 7.33. The Morgan fingerprint density at radius 2 is 2.11 bits per heavy atom. The number of nitrogens with zero attached hydrogens (tertiary/aromatic N) is 2. The van der Waals surface area contributed by atoms with Crippen molar-refractivity contribution in [3.63, 3.8) is 0 Å². The van der Waals surface area contributed by atoms with Gasteiger partial charge in [-0.25, -0.2) is 4.98 Å². The molecule has 0 aliphatic heterocycles. The third-order valence-corrected chi connectivity index (χ3v) is 4.83. The van der Waals surface area contributed by atoms with Gasteiger partial charge in [-0.15, -0.1) is 11.3 Å². The normalized spacial score (nSPS) is 10.7. The van der Waals surface area contributed by atoms with Crippen molar-refractivity contribution in [2.24, 2.45) is 5.73 Å². The number of benzene rings is 1. The molecule has 0 fully saturated rings. The summed E-state index contributed by atoms with van der Waals surface area (Å²) in [6.45, 7) is 3.40. The molecular formula is C13H16BrN3S. The van der Waals surface area contributed by atoms with Crippen LogP contribution in [0, 0.1) is 6.92 Å². The fraction of sp³-hybridized carbons (Fsp3) is 0.308. The Hall–Kier alpha value is -0.910. The number of halogens is 1. The van der Waals surface area contributed by atoms with Crippen LogP contribution in [0.2, 0.25) is 0 Å². The molecule has 2 rings (SSSR count). The first kappa shape index (κ1) is 13.5. The summed E-state index contributed by atoms with van der Waals surface area (Å²) in [5.41, 5.74) is 7.98. The molecule has 0 unspecified atom stereocenters. The van der Waals surface area contributed by atoms with Gasteiger partial charge in [-0.3, -0.25) is 0 Å². The quantitative estimate of drug-likeness (QED) is 0.937. The SMILES string of the molecule is Cc1nc(N(C)Cc2ccccc2Br)sc1CN. The summed E-state index contributed by atoms with van der Waals surface area (Å²) in [5, 5.41) is 1.02. The third-order valence-electron chi connectivity index (χ3n) is 2.76. The minimum Gasteiger partial charge on any atom is -0.347 e. The first-order chi connectivity index (χ1) is 8.61. The average Bonchev–Trinajstić information content (AvgIpc) is 2.73. The number of aromatic nitrogens is 1. The lowest BCUT2D eigenvalue weighted by molar-refractivity contribution is 0.905. The second kappa shape index (κ2) is 5.82. The molecule has 2 N–H and O–H groups in total. The van der Waals surface area contributed by atoms with Crippen LogP contribution in [0.4, 0.5) is 5.13 Å². The Bertz CT molecular complexity index is 539. The van der Waals surface area contributed by atoms with Crippen molar-refractivity contribution in [3.05, 3.63) is 44.9 Å². The molecule has 0 aliphatic rings. The van der Waals surface area contributed by atoms with Gasteiger partial charge in [0.05, 0.1) is 5.69 Å². The highest BCUT2D eigenvalue weighted by molar-refractivity contribution is 9.10. The van der Waals surface area contributed by atoms with E-state index in [2.05, 4.69) is 45.0 Å². The lowest BCUT2D eigenvalue weighted by atomic mass is 10.2. The maximum atomic E-state index is 5.69. The fourth-order valence-electron chi connectivity index (χ4n) is 1.72. The highest BCUT2D eigenvalue weighted by atomic mass is 79.9. The van der Waals surface area contributed by atoms with Crippen LogP contribution in [0.25, 0.3) is 0 Å². The summed E-state index contributed by atoms with van der Waals surface area (Å²) >= 11 is 5.23. The van der Waals surface area contributed by atoms with Crippen LogP contribution in [-0.2, 0) is 13.1 Å². The van der Waals surface area contributed by atoms with Gasteiger partial charge in [-0.05, 0) is 18.6 Å². The van der Waals surface area contributed by atoms with E-state index in [-0.39, 0.29) is 0 Å². The van der Waals surface area contributed by atoms with Crippen molar-refractivity contribution in [3.8, 4) is 0 Å². The van der Waals surface area contributed by atoms with E-state index >= 15 is 0 Å². The van der Waals surface area contributed by atoms with Crippen LogP contribution in [0.5, 0.6) is 0 Å². The number of aryl methyl sites for hydroxylation is 1. The fourth-order valence-corrected chi connectivity index (χ4v) is 3.03. The van der Waals surface area contributed by atoms with Crippen LogP contribution >= 0.6 is 27.3 Å². The van der Waals surface area contributed by atoms with Crippen molar-refractivity contribution in [2.75, 3.05) is 11.9 Å². The number of anilines is 1. The van der Waals surface area contributed by atoms with Gasteiger partial charge in [0, 0.05) is 29.5 Å². The van der Waals surface area contributed by atoms with Gasteiger partial charge in [0.25, 0.3) is 0 Å². The zero-order valence-electron chi connectivity index (χ0n) is 10.5. The van der Waals surface area contributed by atoms with E-state index in [9.17, 15) is 0 Å². The van der Waals surface area contributed by atoms with Crippen molar-refractivity contribution in [1.82, 2.24) is 4.98 Å². The highest BCUT2D eigenvalue weighted by Gasteiger charge is 2.11. The number of thiazole rings is 1. The van der Waals surface area contributed by atoms with Gasteiger partial charge in [0.2, 0.25) is 0 Å². The molecule has 0 atom stereocenters. The minimum absolute atomic E-state index is 0.562. The minimum atomic E-state index is 0.562. The third kappa shape index (κ3) is 2.91. The molecule has 1 aromatic carbocycles. The topological polar surface area (TPSA) is 42.2 Å². The molecule has 1 aromatic heterocycles. The zero-order chi connectivity index (χ0) is 13.1. The van der Waals surface area contributed by atoms with E-state index in [1.807, 2.05) is 19.1 Å². The largest absolute Gasteiger partial charge is 0.347 e. The summed E-state index contributed by atoms with van der Waals surface area (Å²) in [6, 6.07) is 8.24. The molecule has 5 heteroatoms. The van der Waals surface area contributed by atoms with Crippen LogP contribution in [0.3, 0.4) is 0 Å². The van der Waals surface area contributed by atoms with Gasteiger partial charge in [0.15, 0.2) is 5.13 Å². The van der Waals surface area contributed by atoms with E-state index in [4.69, 9.17) is 5.73 Å². The van der Waals surface area contributed by atoms with Crippen LogP contribution in [0.15, 0.2) is 28.7 Å². The van der Waals surface area contributed by atoms with Crippen molar-refractivity contribution in [1.29, 1.82) is 0 Å². The Kier molecular flexibility index (Phi) is 4.37. The molecular weight excluding hydrogens is 310 g/mol. The Morgan fingerprint density at radius 1 is 1.39 bits per heavy atom. The number of rotatable bonds is 4. The van der Waals surface area contributed by atoms with E-state index in [0.717, 1.165) is 26.7 Å². The molecule has 96 valence electrons. The maximum Gasteiger partial charge on any atom is 0.185 e. The second-order valence-electron chi connectivity index (χ2n) is 4.16. The lowest BCUT2D eigenvalue weighted by Gasteiger charge is -2.16. The van der Waals surface area contributed by atoms with E-state index in [1.54, 1.807) is 11.3 Å². The first-order valence-electron chi connectivity index (χ1n) is 5.72. The Morgan fingerprint density at radius 3 is 2.72 bits per heavy atom. The predicted octanol–water partition coefficient (Wildman–Crippen LogP) is 3.31. The van der Waals surface area contributed by atoms with E-state index in [0.29, 0.717) is 6.54 Å². The Labute approximate surface area is 120 Å². The summed E-state index contributed by atoms with van der Waals surface area (Å²) in [7, 11) is 2.05. The molecule has 3 nitrogen and oxygen atoms in total. The smallest absolute Gasteiger partial charge is 0.185 e. The number of hydrogen-bond acceptors (Lipinski definition) is 4. The molecule has 0 aliphatic carbocycles. The predicted molar refractivity (Wildman–Crippen MR) is 81.0 cm³/mol. The molecule has 0 saturated carbocycles. The van der Waals surface area contributed by atoms with E-state index in [1.165, 1.54) is 5.56 Å². The molecule has 2 aromatic rings. The summed E-state index contributed by atoms with van der Waals surface area (Å²) in [4.78, 5) is 7.86. The van der Waals surface area contributed by atoms with Crippen LogP contribution < -0.4 is 10.6 Å². The van der Waals surface area contributed by atoms with Gasteiger partial charge in [-0.1, -0.05) is 34.1 Å². The van der Waals surface area contributed by atoms with Crippen LogP contribution in [0.1, 0.15) is 16.1 Å². The van der Waals surface area contributed by atoms with Gasteiger partial charge >= 0.3 is 0 Å². The molecule has 0 saturated heterocycles.